The van der Waals surface area contributed by atoms with Gasteiger partial charge in [0.1, 0.15) is 5.60 Å². The molecule has 0 saturated carbocycles. The van der Waals surface area contributed by atoms with Gasteiger partial charge in [-0.3, -0.25) is 0 Å². The summed E-state index contributed by atoms with van der Waals surface area (Å²) in [7, 11) is 0. The van der Waals surface area contributed by atoms with Crippen LogP contribution in [0, 0.1) is 23.3 Å². The van der Waals surface area contributed by atoms with Gasteiger partial charge >= 0.3 is 6.09 Å². The number of hydrogen-bond donors (Lipinski definition) is 0. The maximum Gasteiger partial charge on any atom is 0.410 e. The quantitative estimate of drug-likeness (QED) is 0.322. The summed E-state index contributed by atoms with van der Waals surface area (Å²) in [6.45, 7) is 7.42. The summed E-state index contributed by atoms with van der Waals surface area (Å²) in [5.74, 6) is -6.49. The molecule has 26 heavy (non-hydrogen) atoms. The normalized spacial score (nSPS) is 18.3. The molecule has 1 atom stereocenters. The van der Waals surface area contributed by atoms with Crippen LogP contribution in [0.25, 0.3) is 0 Å². The first-order valence-electron chi connectivity index (χ1n) is 8.12. The van der Waals surface area contributed by atoms with Gasteiger partial charge in [0, 0.05) is 25.7 Å². The van der Waals surface area contributed by atoms with Gasteiger partial charge in [0.25, 0.3) is 0 Å². The van der Waals surface area contributed by atoms with Crippen LogP contribution in [0.3, 0.4) is 0 Å². The number of nitrogens with zero attached hydrogens (tertiary/aromatic N) is 2. The van der Waals surface area contributed by atoms with Gasteiger partial charge in [0.15, 0.2) is 23.3 Å². The van der Waals surface area contributed by atoms with Gasteiger partial charge in [-0.05, 0) is 34.0 Å². The van der Waals surface area contributed by atoms with Crippen molar-refractivity contribution in [3.8, 4) is 0 Å². The van der Waals surface area contributed by atoms with Crippen LogP contribution >= 0.6 is 11.8 Å². The summed E-state index contributed by atoms with van der Waals surface area (Å²) in [5, 5.41) is 0. The Bertz CT molecular complexity index is 709. The van der Waals surface area contributed by atoms with Crippen molar-refractivity contribution in [2.75, 3.05) is 30.8 Å². The third-order valence-corrected chi connectivity index (χ3v) is 4.76. The molecule has 1 aliphatic rings. The molecule has 0 radical (unpaired) electrons. The second-order valence-electron chi connectivity index (χ2n) is 7.11. The lowest BCUT2D eigenvalue weighted by molar-refractivity contribution is 0.0158. The molecular formula is C17H22F4N2O2S. The lowest BCUT2D eigenvalue weighted by Crippen LogP contribution is -2.55. The number of benzene rings is 1. The van der Waals surface area contributed by atoms with Gasteiger partial charge in [0.2, 0.25) is 0 Å². The predicted molar refractivity (Wildman–Crippen MR) is 92.7 cm³/mol. The molecule has 1 aromatic carbocycles. The van der Waals surface area contributed by atoms with Gasteiger partial charge < -0.3 is 14.5 Å². The van der Waals surface area contributed by atoms with Gasteiger partial charge in [-0.25, -0.2) is 22.4 Å². The molecule has 1 aromatic rings. The SMILES string of the molecule is CSc1c(F)c(F)c(F)c(F)c1N1CCN(C(=O)OC(C)(C)C)[C@@H](C)C1. The lowest BCUT2D eigenvalue weighted by Gasteiger charge is -2.41. The number of carbonyl (C=O) groups excluding carboxylic acids is 1. The zero-order chi connectivity index (χ0) is 19.8. The highest BCUT2D eigenvalue weighted by molar-refractivity contribution is 7.98. The van der Waals surface area contributed by atoms with Crippen molar-refractivity contribution in [1.82, 2.24) is 4.90 Å². The lowest BCUT2D eigenvalue weighted by atomic mass is 10.1. The standard InChI is InChI=1S/C17H22F4N2O2S/c1-9-8-22(6-7-23(9)16(24)25-17(2,3)4)14-12(20)10(18)11(19)13(21)15(14)26-5/h9H,6-8H2,1-5H3/t9-/m0/s1. The minimum atomic E-state index is -1.84. The molecule has 4 nitrogen and oxygen atoms in total. The van der Waals surface area contributed by atoms with E-state index < -0.39 is 35.0 Å². The minimum absolute atomic E-state index is 0.133. The molecule has 1 heterocycles. The number of hydrogen-bond acceptors (Lipinski definition) is 4. The van der Waals surface area contributed by atoms with E-state index in [0.29, 0.717) is 0 Å². The van der Waals surface area contributed by atoms with Crippen molar-refractivity contribution in [2.24, 2.45) is 0 Å². The molecule has 1 saturated heterocycles. The fourth-order valence-corrected chi connectivity index (χ4v) is 3.50. The molecule has 1 amide bonds. The first-order valence-corrected chi connectivity index (χ1v) is 9.35. The van der Waals surface area contributed by atoms with Crippen molar-refractivity contribution in [3.05, 3.63) is 23.3 Å². The Morgan fingerprint density at radius 3 is 2.15 bits per heavy atom. The van der Waals surface area contributed by atoms with E-state index in [2.05, 4.69) is 0 Å². The summed E-state index contributed by atoms with van der Waals surface area (Å²) < 4.78 is 60.9. The van der Waals surface area contributed by atoms with Gasteiger partial charge in [-0.1, -0.05) is 0 Å². The maximum absolute atomic E-state index is 14.3. The Kier molecular flexibility index (Phi) is 5.99. The first-order chi connectivity index (χ1) is 12.0. The van der Waals surface area contributed by atoms with E-state index in [1.165, 1.54) is 16.1 Å². The average molecular weight is 394 g/mol. The van der Waals surface area contributed by atoms with Crippen LogP contribution in [0.15, 0.2) is 4.90 Å². The van der Waals surface area contributed by atoms with E-state index in [-0.39, 0.29) is 36.3 Å². The van der Waals surface area contributed by atoms with Crippen molar-refractivity contribution < 1.29 is 27.1 Å². The molecule has 0 aromatic heterocycles. The Balaban J connectivity index is 2.28. The highest BCUT2D eigenvalue weighted by Crippen LogP contribution is 2.38. The maximum atomic E-state index is 14.3. The second kappa shape index (κ2) is 7.54. The Hall–Kier alpha value is -1.64. The molecule has 0 spiro atoms. The number of carbonyl (C=O) groups is 1. The van der Waals surface area contributed by atoms with E-state index >= 15 is 0 Å². The zero-order valence-electron chi connectivity index (χ0n) is 15.3. The summed E-state index contributed by atoms with van der Waals surface area (Å²) in [6, 6.07) is -0.385. The number of rotatable bonds is 2. The van der Waals surface area contributed by atoms with Crippen LogP contribution in [0.2, 0.25) is 0 Å². The van der Waals surface area contributed by atoms with Gasteiger partial charge in [0.05, 0.1) is 10.6 Å². The van der Waals surface area contributed by atoms with E-state index in [4.69, 9.17) is 4.74 Å². The average Bonchev–Trinajstić information content (AvgIpc) is 2.54. The fraction of sp³-hybridized carbons (Fsp3) is 0.588. The fourth-order valence-electron chi connectivity index (χ4n) is 2.82. The van der Waals surface area contributed by atoms with Crippen LogP contribution < -0.4 is 4.90 Å². The van der Waals surface area contributed by atoms with Crippen molar-refractivity contribution in [3.63, 3.8) is 0 Å². The molecular weight excluding hydrogens is 372 g/mol. The molecule has 1 fully saturated rings. The molecule has 1 aliphatic heterocycles. The molecule has 9 heteroatoms. The van der Waals surface area contributed by atoms with Crippen LogP contribution in [0.1, 0.15) is 27.7 Å². The van der Waals surface area contributed by atoms with E-state index in [1.807, 2.05) is 0 Å². The molecule has 146 valence electrons. The zero-order valence-corrected chi connectivity index (χ0v) is 16.1. The summed E-state index contributed by atoms with van der Waals surface area (Å²) in [6.07, 6.45) is 0.950. The van der Waals surface area contributed by atoms with Crippen LogP contribution in [0.4, 0.5) is 28.0 Å². The van der Waals surface area contributed by atoms with Crippen LogP contribution in [0.5, 0.6) is 0 Å². The molecule has 0 bridgehead atoms. The van der Waals surface area contributed by atoms with Crippen LogP contribution in [-0.4, -0.2) is 48.5 Å². The van der Waals surface area contributed by atoms with E-state index in [0.717, 1.165) is 11.8 Å². The monoisotopic (exact) mass is 394 g/mol. The second-order valence-corrected chi connectivity index (χ2v) is 7.92. The topological polar surface area (TPSA) is 32.8 Å². The van der Waals surface area contributed by atoms with Crippen molar-refractivity contribution in [2.45, 2.75) is 44.2 Å². The third kappa shape index (κ3) is 4.02. The number of ether oxygens (including phenoxy) is 1. The number of anilines is 1. The summed E-state index contributed by atoms with van der Waals surface area (Å²) in [4.78, 5) is 14.9. The third-order valence-electron chi connectivity index (χ3n) is 3.98. The Morgan fingerprint density at radius 2 is 1.65 bits per heavy atom. The molecule has 2 rings (SSSR count). The largest absolute Gasteiger partial charge is 0.444 e. The van der Waals surface area contributed by atoms with E-state index in [9.17, 15) is 22.4 Å². The van der Waals surface area contributed by atoms with Crippen LogP contribution in [-0.2, 0) is 4.74 Å². The highest BCUT2D eigenvalue weighted by atomic mass is 32.2. The number of halogens is 4. The van der Waals surface area contributed by atoms with E-state index in [1.54, 1.807) is 27.7 Å². The number of piperazine rings is 1. The first kappa shape index (κ1) is 20.7. The van der Waals surface area contributed by atoms with Gasteiger partial charge in [-0.15, -0.1) is 11.8 Å². The number of amides is 1. The Morgan fingerprint density at radius 1 is 1.08 bits per heavy atom. The van der Waals surface area contributed by atoms with Crippen molar-refractivity contribution in [1.29, 1.82) is 0 Å². The smallest absolute Gasteiger partial charge is 0.410 e. The minimum Gasteiger partial charge on any atom is -0.444 e. The predicted octanol–water partition coefficient (Wildman–Crippen LogP) is 4.41. The highest BCUT2D eigenvalue weighted by Gasteiger charge is 2.35. The van der Waals surface area contributed by atoms with Crippen molar-refractivity contribution >= 4 is 23.5 Å². The summed E-state index contributed by atoms with van der Waals surface area (Å²) >= 11 is 0.800. The summed E-state index contributed by atoms with van der Waals surface area (Å²) in [5.41, 5.74) is -0.973. The molecule has 0 N–H and O–H groups in total. The molecule has 0 aliphatic carbocycles. The number of thioether (sulfide) groups is 1. The van der Waals surface area contributed by atoms with Gasteiger partial charge in [-0.2, -0.15) is 0 Å². The Labute approximate surface area is 154 Å². The molecule has 0 unspecified atom stereocenters.